The van der Waals surface area contributed by atoms with E-state index in [0.29, 0.717) is 29.7 Å². The van der Waals surface area contributed by atoms with Crippen molar-refractivity contribution in [3.63, 3.8) is 0 Å². The summed E-state index contributed by atoms with van der Waals surface area (Å²) in [5.41, 5.74) is 7.39. The molecular formula is C14H17N3O2. The lowest BCUT2D eigenvalue weighted by Crippen LogP contribution is -2.04. The highest BCUT2D eigenvalue weighted by atomic mass is 16.5. The Hall–Kier alpha value is -2.14. The number of aromatic nitrogens is 2. The van der Waals surface area contributed by atoms with Gasteiger partial charge in [0.25, 0.3) is 0 Å². The van der Waals surface area contributed by atoms with Crippen LogP contribution in [0.3, 0.4) is 0 Å². The zero-order valence-electron chi connectivity index (χ0n) is 11.1. The predicted molar refractivity (Wildman–Crippen MR) is 73.0 cm³/mol. The Labute approximate surface area is 112 Å². The third-order valence-corrected chi connectivity index (χ3v) is 2.82. The molecule has 2 rings (SSSR count). The van der Waals surface area contributed by atoms with E-state index in [9.17, 15) is 0 Å². The van der Waals surface area contributed by atoms with E-state index in [1.165, 1.54) is 0 Å². The summed E-state index contributed by atoms with van der Waals surface area (Å²) < 4.78 is 5.72. The third-order valence-electron chi connectivity index (χ3n) is 2.82. The highest BCUT2D eigenvalue weighted by Crippen LogP contribution is 2.26. The molecular weight excluding hydrogens is 242 g/mol. The van der Waals surface area contributed by atoms with Gasteiger partial charge in [0, 0.05) is 6.42 Å². The number of nitrogens with zero attached hydrogens (tertiary/aromatic N) is 2. The zero-order chi connectivity index (χ0) is 13.8. The lowest BCUT2D eigenvalue weighted by Gasteiger charge is -2.10. The van der Waals surface area contributed by atoms with Gasteiger partial charge in [-0.15, -0.1) is 0 Å². The van der Waals surface area contributed by atoms with Crippen LogP contribution in [0.25, 0.3) is 0 Å². The summed E-state index contributed by atoms with van der Waals surface area (Å²) in [4.78, 5) is 8.50. The Morgan fingerprint density at radius 2 is 1.89 bits per heavy atom. The van der Waals surface area contributed by atoms with Crippen LogP contribution >= 0.6 is 0 Å². The molecule has 5 nitrogen and oxygen atoms in total. The van der Waals surface area contributed by atoms with Crippen LogP contribution in [0.15, 0.2) is 24.3 Å². The summed E-state index contributed by atoms with van der Waals surface area (Å²) in [6.45, 7) is 3.80. The molecule has 1 aromatic heterocycles. The van der Waals surface area contributed by atoms with Crippen molar-refractivity contribution in [3.05, 3.63) is 41.2 Å². The second-order valence-electron chi connectivity index (χ2n) is 4.21. The van der Waals surface area contributed by atoms with E-state index in [-0.39, 0.29) is 6.61 Å². The van der Waals surface area contributed by atoms with E-state index >= 15 is 0 Å². The molecule has 19 heavy (non-hydrogen) atoms. The highest BCUT2D eigenvalue weighted by Gasteiger charge is 2.10. The SMILES string of the molecule is CCc1nc(N)c(C)c(Oc2ccc(CO)cc2)n1. The van der Waals surface area contributed by atoms with Crippen molar-refractivity contribution in [1.29, 1.82) is 0 Å². The van der Waals surface area contributed by atoms with Crippen molar-refractivity contribution >= 4 is 5.82 Å². The Kier molecular flexibility index (Phi) is 3.97. The quantitative estimate of drug-likeness (QED) is 0.879. The van der Waals surface area contributed by atoms with Gasteiger partial charge in [0.05, 0.1) is 12.2 Å². The highest BCUT2D eigenvalue weighted by molar-refractivity contribution is 5.46. The molecule has 0 saturated carbocycles. The van der Waals surface area contributed by atoms with E-state index in [4.69, 9.17) is 15.6 Å². The molecule has 5 heteroatoms. The summed E-state index contributed by atoms with van der Waals surface area (Å²) in [6.07, 6.45) is 0.699. The van der Waals surface area contributed by atoms with Crippen LogP contribution in [0.4, 0.5) is 5.82 Å². The van der Waals surface area contributed by atoms with Crippen LogP contribution in [0, 0.1) is 6.92 Å². The minimum absolute atomic E-state index is 0.0136. The number of hydrogen-bond donors (Lipinski definition) is 2. The van der Waals surface area contributed by atoms with Crippen molar-refractivity contribution < 1.29 is 9.84 Å². The number of benzene rings is 1. The van der Waals surface area contributed by atoms with Gasteiger partial charge in [-0.2, -0.15) is 4.98 Å². The van der Waals surface area contributed by atoms with E-state index in [2.05, 4.69) is 9.97 Å². The fraction of sp³-hybridized carbons (Fsp3) is 0.286. The molecule has 0 unspecified atom stereocenters. The largest absolute Gasteiger partial charge is 0.439 e. The van der Waals surface area contributed by atoms with Gasteiger partial charge < -0.3 is 15.6 Å². The Morgan fingerprint density at radius 1 is 1.21 bits per heavy atom. The van der Waals surface area contributed by atoms with Gasteiger partial charge in [0.15, 0.2) is 0 Å². The first-order chi connectivity index (χ1) is 9.13. The van der Waals surface area contributed by atoms with Gasteiger partial charge in [0.1, 0.15) is 17.4 Å². The molecule has 0 radical (unpaired) electrons. The van der Waals surface area contributed by atoms with Crippen LogP contribution in [-0.4, -0.2) is 15.1 Å². The maximum absolute atomic E-state index is 8.99. The molecule has 0 aliphatic rings. The number of aliphatic hydroxyl groups is 1. The topological polar surface area (TPSA) is 81.3 Å². The van der Waals surface area contributed by atoms with Crippen molar-refractivity contribution in [2.24, 2.45) is 0 Å². The second-order valence-corrected chi connectivity index (χ2v) is 4.21. The first-order valence-electron chi connectivity index (χ1n) is 6.14. The van der Waals surface area contributed by atoms with Crippen LogP contribution in [-0.2, 0) is 13.0 Å². The number of ether oxygens (including phenoxy) is 1. The van der Waals surface area contributed by atoms with Crippen molar-refractivity contribution in [1.82, 2.24) is 9.97 Å². The van der Waals surface area contributed by atoms with Crippen molar-refractivity contribution in [3.8, 4) is 11.6 Å². The average molecular weight is 259 g/mol. The smallest absolute Gasteiger partial charge is 0.227 e. The molecule has 3 N–H and O–H groups in total. The van der Waals surface area contributed by atoms with Gasteiger partial charge in [-0.05, 0) is 24.6 Å². The summed E-state index contributed by atoms with van der Waals surface area (Å²) in [5.74, 6) is 2.22. The van der Waals surface area contributed by atoms with Gasteiger partial charge in [-0.3, -0.25) is 0 Å². The predicted octanol–water partition coefficient (Wildman–Crippen LogP) is 2.21. The molecule has 0 saturated heterocycles. The molecule has 1 aromatic carbocycles. The van der Waals surface area contributed by atoms with E-state index in [1.54, 1.807) is 24.3 Å². The Bertz CT molecular complexity index is 568. The first-order valence-corrected chi connectivity index (χ1v) is 6.14. The van der Waals surface area contributed by atoms with Crippen molar-refractivity contribution in [2.45, 2.75) is 26.9 Å². The molecule has 100 valence electrons. The van der Waals surface area contributed by atoms with Gasteiger partial charge in [-0.25, -0.2) is 4.98 Å². The molecule has 0 amide bonds. The van der Waals surface area contributed by atoms with E-state index in [0.717, 1.165) is 11.1 Å². The molecule has 0 bridgehead atoms. The maximum atomic E-state index is 8.99. The molecule has 2 aromatic rings. The Morgan fingerprint density at radius 3 is 2.47 bits per heavy atom. The number of nitrogens with two attached hydrogens (primary N) is 1. The number of aliphatic hydroxyl groups excluding tert-OH is 1. The van der Waals surface area contributed by atoms with Crippen LogP contribution < -0.4 is 10.5 Å². The van der Waals surface area contributed by atoms with Gasteiger partial charge in [-0.1, -0.05) is 19.1 Å². The van der Waals surface area contributed by atoms with E-state index in [1.807, 2.05) is 13.8 Å². The number of hydrogen-bond acceptors (Lipinski definition) is 5. The summed E-state index contributed by atoms with van der Waals surface area (Å²) in [7, 11) is 0. The number of anilines is 1. The maximum Gasteiger partial charge on any atom is 0.227 e. The average Bonchev–Trinajstić information content (AvgIpc) is 2.44. The van der Waals surface area contributed by atoms with Gasteiger partial charge >= 0.3 is 0 Å². The first kappa shape index (κ1) is 13.3. The minimum atomic E-state index is 0.0136. The lowest BCUT2D eigenvalue weighted by molar-refractivity contribution is 0.281. The zero-order valence-corrected chi connectivity index (χ0v) is 11.1. The number of nitrogen functional groups attached to an aromatic ring is 1. The minimum Gasteiger partial charge on any atom is -0.439 e. The van der Waals surface area contributed by atoms with Crippen LogP contribution in [0.2, 0.25) is 0 Å². The monoisotopic (exact) mass is 259 g/mol. The molecule has 0 atom stereocenters. The van der Waals surface area contributed by atoms with Crippen LogP contribution in [0.5, 0.6) is 11.6 Å². The molecule has 0 aliphatic heterocycles. The number of rotatable bonds is 4. The lowest BCUT2D eigenvalue weighted by atomic mass is 10.2. The Balaban J connectivity index is 2.28. The number of aryl methyl sites for hydroxylation is 1. The second kappa shape index (κ2) is 5.67. The van der Waals surface area contributed by atoms with Crippen molar-refractivity contribution in [2.75, 3.05) is 5.73 Å². The standard InChI is InChI=1S/C14H17N3O2/c1-3-12-16-13(15)9(2)14(17-12)19-11-6-4-10(8-18)5-7-11/h4-7,18H,3,8H2,1-2H3,(H2,15,16,17). The molecule has 1 heterocycles. The summed E-state index contributed by atoms with van der Waals surface area (Å²) >= 11 is 0. The van der Waals surface area contributed by atoms with E-state index < -0.39 is 0 Å². The van der Waals surface area contributed by atoms with Gasteiger partial charge in [0.2, 0.25) is 5.88 Å². The summed E-state index contributed by atoms with van der Waals surface area (Å²) in [6, 6.07) is 7.18. The third kappa shape index (κ3) is 3.00. The molecule has 0 spiro atoms. The normalized spacial score (nSPS) is 10.5. The summed E-state index contributed by atoms with van der Waals surface area (Å²) in [5, 5.41) is 8.99. The van der Waals surface area contributed by atoms with Crippen LogP contribution in [0.1, 0.15) is 23.9 Å². The molecule has 0 fully saturated rings. The molecule has 0 aliphatic carbocycles. The fourth-order valence-electron chi connectivity index (χ4n) is 1.59. The fourth-order valence-corrected chi connectivity index (χ4v) is 1.59.